The summed E-state index contributed by atoms with van der Waals surface area (Å²) in [6, 6.07) is 0. The van der Waals surface area contributed by atoms with Gasteiger partial charge >= 0.3 is 42.6 Å². The molecule has 0 saturated carbocycles. The first-order chi connectivity index (χ1) is 2.41. The molecule has 0 radical (unpaired) electrons. The summed E-state index contributed by atoms with van der Waals surface area (Å²) in [4.78, 5) is 0. The van der Waals surface area contributed by atoms with Gasteiger partial charge in [-0.05, 0) is 0 Å². The van der Waals surface area contributed by atoms with E-state index in [0.717, 1.165) is 0 Å². The molecule has 0 aromatic heterocycles. The summed E-state index contributed by atoms with van der Waals surface area (Å²) in [6.45, 7) is 2.21. The fourth-order valence-corrected chi connectivity index (χ4v) is 0.354. The van der Waals surface area contributed by atoms with Crippen molar-refractivity contribution in [2.24, 2.45) is 0 Å². The van der Waals surface area contributed by atoms with Gasteiger partial charge in [-0.2, -0.15) is 0 Å². The molecular formula is C4H9Li. The molecule has 1 heteroatoms. The number of unbranched alkanes of at least 4 members (excludes halogenated alkanes) is 1. The van der Waals surface area contributed by atoms with Crippen LogP contribution in [0.2, 0.25) is 5.09 Å². The van der Waals surface area contributed by atoms with Gasteiger partial charge in [-0.3, -0.25) is 0 Å². The monoisotopic (exact) mass is 59.1 g/mol. The van der Waals surface area contributed by atoms with Crippen molar-refractivity contribution in [3.63, 3.8) is 0 Å². The van der Waals surface area contributed by atoms with E-state index in [1.54, 1.807) is 0 Å². The molecule has 0 bridgehead atoms. The maximum atomic E-state index is 2.21. The van der Waals surface area contributed by atoms with Gasteiger partial charge in [0.05, 0.1) is 0 Å². The molecule has 0 aromatic carbocycles. The van der Waals surface area contributed by atoms with Gasteiger partial charge in [-0.25, -0.2) is 0 Å². The molecule has 0 aliphatic carbocycles. The van der Waals surface area contributed by atoms with Crippen LogP contribution in [0.4, 0.5) is 0 Å². The van der Waals surface area contributed by atoms with E-state index in [9.17, 15) is 0 Å². The Morgan fingerprint density at radius 3 is 2.20 bits per heavy atom. The van der Waals surface area contributed by atoms with Crippen molar-refractivity contribution in [1.29, 1.82) is 0 Å². The van der Waals surface area contributed by atoms with Gasteiger partial charge in [0.2, 0.25) is 0 Å². The third-order valence-electron chi connectivity index (χ3n) is 0.707. The second-order valence-electron chi connectivity index (χ2n) is 1.35. The standard InChI is InChI=1S/C4H9.Li/c1-3-4-2;/h1,3-4H2,2H3;/i;1-5. The van der Waals surface area contributed by atoms with Gasteiger partial charge in [0.1, 0.15) is 0 Å². The molecule has 0 amide bonds. The first-order valence-corrected chi connectivity index (χ1v) is 2.41. The Bertz CT molecular complexity index is 11.1. The second-order valence-corrected chi connectivity index (χ2v) is 1.35. The van der Waals surface area contributed by atoms with E-state index in [1.165, 1.54) is 17.9 Å². The zero-order valence-electron chi connectivity index (χ0n) is 4.12. The van der Waals surface area contributed by atoms with Crippen molar-refractivity contribution in [2.45, 2.75) is 24.9 Å². The fraction of sp³-hybridized carbons (Fsp3) is 1.00. The van der Waals surface area contributed by atoms with Crippen LogP contribution in [0.1, 0.15) is 19.8 Å². The maximum absolute atomic E-state index is 2.21. The first-order valence-electron chi connectivity index (χ1n) is 2.41. The molecular weight excluding hydrogens is 50.0 g/mol. The minimum absolute atomic E-state index is 1.34. The van der Waals surface area contributed by atoms with Crippen LogP contribution in [0.5, 0.6) is 0 Å². The van der Waals surface area contributed by atoms with Crippen LogP contribution < -0.4 is 0 Å². The Morgan fingerprint density at radius 1 is 1.60 bits per heavy atom. The first kappa shape index (κ1) is 5.60. The van der Waals surface area contributed by atoms with Gasteiger partial charge in [0, 0.05) is 0 Å². The molecule has 0 spiro atoms. The Morgan fingerprint density at radius 2 is 2.20 bits per heavy atom. The molecule has 0 fully saturated rings. The van der Waals surface area contributed by atoms with Crippen molar-refractivity contribution < 1.29 is 0 Å². The SMILES string of the molecule is [2Li][CH2]CCC. The van der Waals surface area contributed by atoms with Crippen LogP contribution in [0, 0.1) is 0 Å². The van der Waals surface area contributed by atoms with Crippen molar-refractivity contribution in [3.05, 3.63) is 0 Å². The predicted octanol–water partition coefficient (Wildman–Crippen LogP) is 1.37. The Labute approximate surface area is 43.2 Å². The van der Waals surface area contributed by atoms with Gasteiger partial charge in [-0.1, -0.05) is 0 Å². The molecule has 0 N–H and O–H groups in total. The summed E-state index contributed by atoms with van der Waals surface area (Å²) in [7, 11) is 0. The van der Waals surface area contributed by atoms with Crippen LogP contribution in [-0.2, 0) is 0 Å². The average Bonchev–Trinajstić information content (AvgIpc) is 1.41. The zero-order valence-corrected chi connectivity index (χ0v) is 4.12. The van der Waals surface area contributed by atoms with Gasteiger partial charge in [0.15, 0.2) is 0 Å². The van der Waals surface area contributed by atoms with Crippen LogP contribution in [0.15, 0.2) is 0 Å². The van der Waals surface area contributed by atoms with Crippen molar-refractivity contribution in [3.8, 4) is 0 Å². The summed E-state index contributed by atoms with van der Waals surface area (Å²) < 4.78 is 0. The molecule has 0 saturated heterocycles. The van der Waals surface area contributed by atoms with E-state index in [4.69, 9.17) is 0 Å². The van der Waals surface area contributed by atoms with E-state index in [1.807, 2.05) is 0 Å². The average molecular weight is 59.1 g/mol. The Hall–Kier alpha value is 0.597. The van der Waals surface area contributed by atoms with Gasteiger partial charge in [0.25, 0.3) is 0 Å². The van der Waals surface area contributed by atoms with E-state index in [2.05, 4.69) is 24.6 Å². The van der Waals surface area contributed by atoms with Crippen molar-refractivity contribution in [1.82, 2.24) is 0 Å². The topological polar surface area (TPSA) is 0 Å². The summed E-state index contributed by atoms with van der Waals surface area (Å²) >= 11 is 2.21. The third-order valence-corrected chi connectivity index (χ3v) is 0.707. The second kappa shape index (κ2) is 4.60. The van der Waals surface area contributed by atoms with Crippen LogP contribution >= 0.6 is 0 Å². The van der Waals surface area contributed by atoms with Crippen molar-refractivity contribution in [2.75, 3.05) is 0 Å². The molecule has 0 aliphatic rings. The Kier molecular flexibility index (Phi) is 5.15. The van der Waals surface area contributed by atoms with E-state index < -0.39 is 0 Å². The molecule has 0 heterocycles. The molecule has 0 atom stereocenters. The molecule has 0 rings (SSSR count). The number of rotatable bonds is 2. The number of hydrogen-bond donors (Lipinski definition) is 0. The Balaban J connectivity index is 2.19. The fourth-order valence-electron chi connectivity index (χ4n) is 0.354. The summed E-state index contributed by atoms with van der Waals surface area (Å²) in [5.74, 6) is 0. The van der Waals surface area contributed by atoms with E-state index in [0.29, 0.717) is 0 Å². The van der Waals surface area contributed by atoms with Crippen molar-refractivity contribution >= 4 is 17.7 Å². The van der Waals surface area contributed by atoms with Crippen LogP contribution in [0.3, 0.4) is 0 Å². The summed E-state index contributed by atoms with van der Waals surface area (Å²) in [5.41, 5.74) is 0. The summed E-state index contributed by atoms with van der Waals surface area (Å²) in [6.07, 6.45) is 2.73. The predicted molar refractivity (Wildman–Crippen MR) is 25.5 cm³/mol. The normalized spacial score (nSPS) is 8.60. The quantitative estimate of drug-likeness (QED) is 0.421. The summed E-state index contributed by atoms with van der Waals surface area (Å²) in [5, 5.41) is 1.34. The number of hydrogen-bond acceptors (Lipinski definition) is 0. The van der Waals surface area contributed by atoms with Gasteiger partial charge < -0.3 is 0 Å². The van der Waals surface area contributed by atoms with Crippen LogP contribution in [-0.4, -0.2) is 17.7 Å². The zero-order chi connectivity index (χ0) is 4.12. The van der Waals surface area contributed by atoms with Gasteiger partial charge in [-0.15, -0.1) is 0 Å². The molecule has 0 nitrogen and oxygen atoms in total. The van der Waals surface area contributed by atoms with Crippen LogP contribution in [0.25, 0.3) is 0 Å². The van der Waals surface area contributed by atoms with E-state index >= 15 is 0 Å². The molecule has 0 aliphatic heterocycles. The minimum atomic E-state index is 1.34. The molecule has 26 valence electrons. The molecule has 0 unspecified atom stereocenters. The third kappa shape index (κ3) is 4.60. The molecule has 0 aromatic rings. The molecule has 5 heavy (non-hydrogen) atoms. The van der Waals surface area contributed by atoms with E-state index in [-0.39, 0.29) is 0 Å².